The minimum Gasteiger partial charge on any atom is -0.496 e. The standard InChI is InChI=1S/C29H30F2N4O4/c1-19-13-21(15-32-18-33-16-24(19)22-7-4-5-8-26(22)38-2)20-9-10-25(34-28(37)39-3)23(14-20)27(36)35-12-6-11-29(30,31)17-35/h4-5,7-10,13-16,18H,6,11-12,17H2,1-3H3,(H,32,33)(H,34,37). The van der Waals surface area contributed by atoms with Gasteiger partial charge >= 0.3 is 6.09 Å². The number of methoxy groups -OCH3 is 2. The van der Waals surface area contributed by atoms with Gasteiger partial charge in [-0.25, -0.2) is 18.6 Å². The maximum atomic E-state index is 14.1. The van der Waals surface area contributed by atoms with Crippen molar-refractivity contribution in [2.75, 3.05) is 32.6 Å². The molecule has 0 unspecified atom stereocenters. The van der Waals surface area contributed by atoms with Gasteiger partial charge < -0.3 is 19.4 Å². The highest BCUT2D eigenvalue weighted by Crippen LogP contribution is 2.33. The van der Waals surface area contributed by atoms with Gasteiger partial charge in [-0.2, -0.15) is 0 Å². The SMILES string of the molecule is COC(=O)Nc1ccc(-c2cnc[nH]cc(-c3ccccc3OC)c(C)c2)cc1C(=O)N1CCCC(F)(F)C1. The van der Waals surface area contributed by atoms with Crippen LogP contribution in [0.1, 0.15) is 28.8 Å². The van der Waals surface area contributed by atoms with Crippen molar-refractivity contribution in [2.45, 2.75) is 25.7 Å². The van der Waals surface area contributed by atoms with Gasteiger partial charge in [0.05, 0.1) is 38.3 Å². The van der Waals surface area contributed by atoms with Gasteiger partial charge in [0, 0.05) is 42.0 Å². The largest absolute Gasteiger partial charge is 0.496 e. The van der Waals surface area contributed by atoms with Crippen LogP contribution in [0.15, 0.2) is 67.3 Å². The molecular weight excluding hydrogens is 506 g/mol. The van der Waals surface area contributed by atoms with Crippen LogP contribution in [0.3, 0.4) is 0 Å². The molecule has 0 saturated carbocycles. The number of nitrogens with zero attached hydrogens (tertiary/aromatic N) is 2. The molecule has 39 heavy (non-hydrogen) atoms. The van der Waals surface area contributed by atoms with Gasteiger partial charge in [0.25, 0.3) is 11.8 Å². The van der Waals surface area contributed by atoms with Gasteiger partial charge in [0.2, 0.25) is 0 Å². The molecule has 0 spiro atoms. The van der Waals surface area contributed by atoms with Gasteiger partial charge in [-0.3, -0.25) is 10.1 Å². The topological polar surface area (TPSA) is 96.5 Å². The molecule has 0 atom stereocenters. The van der Waals surface area contributed by atoms with E-state index in [1.165, 1.54) is 13.4 Å². The lowest BCUT2D eigenvalue weighted by molar-refractivity contribution is -0.0560. The third kappa shape index (κ3) is 6.51. The van der Waals surface area contributed by atoms with E-state index in [2.05, 4.69) is 20.0 Å². The van der Waals surface area contributed by atoms with E-state index in [-0.39, 0.29) is 30.6 Å². The second kappa shape index (κ2) is 11.9. The number of nitrogens with one attached hydrogen (secondary N) is 2. The zero-order valence-electron chi connectivity index (χ0n) is 22.0. The zero-order chi connectivity index (χ0) is 28.0. The highest BCUT2D eigenvalue weighted by molar-refractivity contribution is 6.04. The molecule has 1 saturated heterocycles. The molecule has 204 valence electrons. The van der Waals surface area contributed by atoms with E-state index in [9.17, 15) is 18.4 Å². The summed E-state index contributed by atoms with van der Waals surface area (Å²) < 4.78 is 38.5. The van der Waals surface area contributed by atoms with Crippen LogP contribution in [0.2, 0.25) is 0 Å². The average Bonchev–Trinajstić information content (AvgIpc) is 3.02. The van der Waals surface area contributed by atoms with Crippen molar-refractivity contribution in [3.63, 3.8) is 0 Å². The first-order valence-corrected chi connectivity index (χ1v) is 12.4. The normalized spacial score (nSPS) is 14.2. The van der Waals surface area contributed by atoms with Crippen LogP contribution >= 0.6 is 0 Å². The summed E-state index contributed by atoms with van der Waals surface area (Å²) in [4.78, 5) is 33.9. The first-order valence-electron chi connectivity index (χ1n) is 12.4. The first-order chi connectivity index (χ1) is 18.7. The number of hydrogen-bond donors (Lipinski definition) is 2. The van der Waals surface area contributed by atoms with E-state index in [0.717, 1.165) is 21.6 Å². The summed E-state index contributed by atoms with van der Waals surface area (Å²) in [5.74, 6) is -2.87. The van der Waals surface area contributed by atoms with E-state index in [4.69, 9.17) is 4.74 Å². The number of likely N-dealkylation sites (tertiary alicyclic amines) is 1. The molecule has 0 radical (unpaired) electrons. The number of aromatic nitrogens is 2. The second-order valence-electron chi connectivity index (χ2n) is 9.18. The van der Waals surface area contributed by atoms with Crippen LogP contribution in [0.4, 0.5) is 19.3 Å². The van der Waals surface area contributed by atoms with Crippen molar-refractivity contribution in [3.05, 3.63) is 78.4 Å². The summed E-state index contributed by atoms with van der Waals surface area (Å²) in [5, 5.41) is 2.52. The van der Waals surface area contributed by atoms with Crippen LogP contribution in [0.25, 0.3) is 22.3 Å². The lowest BCUT2D eigenvalue weighted by Crippen LogP contribution is -2.45. The number of ether oxygens (including phenoxy) is 2. The molecule has 2 aromatic carbocycles. The summed E-state index contributed by atoms with van der Waals surface area (Å²) in [7, 11) is 2.81. The zero-order valence-corrected chi connectivity index (χ0v) is 22.0. The number of anilines is 1. The number of aryl methyl sites for hydroxylation is 1. The monoisotopic (exact) mass is 536 g/mol. The third-order valence-electron chi connectivity index (χ3n) is 6.47. The number of halogens is 2. The fourth-order valence-corrected chi connectivity index (χ4v) is 4.54. The molecule has 8 nitrogen and oxygen atoms in total. The van der Waals surface area contributed by atoms with Crippen molar-refractivity contribution >= 4 is 17.7 Å². The molecule has 3 aromatic rings. The van der Waals surface area contributed by atoms with Crippen LogP contribution < -0.4 is 10.1 Å². The Bertz CT molecular complexity index is 1420. The molecule has 1 aliphatic rings. The van der Waals surface area contributed by atoms with Gasteiger partial charge in [0.1, 0.15) is 5.75 Å². The number of rotatable bonds is 5. The highest BCUT2D eigenvalue weighted by Gasteiger charge is 2.38. The summed E-state index contributed by atoms with van der Waals surface area (Å²) >= 11 is 0. The van der Waals surface area contributed by atoms with E-state index in [1.54, 1.807) is 31.5 Å². The Balaban J connectivity index is 1.83. The maximum absolute atomic E-state index is 14.1. The third-order valence-corrected chi connectivity index (χ3v) is 6.47. The molecule has 0 bridgehead atoms. The molecule has 0 aliphatic carbocycles. The number of carbonyl (C=O) groups is 2. The van der Waals surface area contributed by atoms with Gasteiger partial charge in [-0.15, -0.1) is 0 Å². The van der Waals surface area contributed by atoms with Crippen molar-refractivity contribution < 1.29 is 27.8 Å². The highest BCUT2D eigenvalue weighted by atomic mass is 19.3. The molecule has 2 amide bonds. The number of alkyl halides is 2. The smallest absolute Gasteiger partial charge is 0.411 e. The number of hydrogen-bond acceptors (Lipinski definition) is 5. The Labute approximate surface area is 225 Å². The fraction of sp³-hybridized carbons (Fsp3) is 0.276. The molecule has 4 rings (SSSR count). The average molecular weight is 537 g/mol. The lowest BCUT2D eigenvalue weighted by Gasteiger charge is -2.33. The Kier molecular flexibility index (Phi) is 8.43. The lowest BCUT2D eigenvalue weighted by atomic mass is 9.98. The van der Waals surface area contributed by atoms with E-state index in [0.29, 0.717) is 16.9 Å². The summed E-state index contributed by atoms with van der Waals surface area (Å²) in [6, 6.07) is 14.4. The molecule has 2 heterocycles. The first kappa shape index (κ1) is 27.6. The fourth-order valence-electron chi connectivity index (χ4n) is 4.54. The number of amides is 2. The number of benzene rings is 2. The molecule has 10 heteroatoms. The molecular formula is C29H30F2N4O4. The van der Waals surface area contributed by atoms with E-state index >= 15 is 0 Å². The Morgan fingerprint density at radius 1 is 1.08 bits per heavy atom. The Morgan fingerprint density at radius 3 is 2.62 bits per heavy atom. The summed E-state index contributed by atoms with van der Waals surface area (Å²) in [6.07, 6.45) is 4.11. The van der Waals surface area contributed by atoms with Crippen LogP contribution in [-0.4, -0.2) is 60.1 Å². The minimum absolute atomic E-state index is 0.0741. The van der Waals surface area contributed by atoms with Crippen LogP contribution in [-0.2, 0) is 4.74 Å². The number of aromatic amines is 1. The van der Waals surface area contributed by atoms with E-state index in [1.807, 2.05) is 43.5 Å². The predicted molar refractivity (Wildman–Crippen MR) is 144 cm³/mol. The predicted octanol–water partition coefficient (Wildman–Crippen LogP) is 6.23. The number of carbonyl (C=O) groups excluding carboxylic acids is 2. The Morgan fingerprint density at radius 2 is 1.87 bits per heavy atom. The van der Waals surface area contributed by atoms with Crippen molar-refractivity contribution in [2.24, 2.45) is 0 Å². The van der Waals surface area contributed by atoms with Crippen LogP contribution in [0.5, 0.6) is 5.75 Å². The Hall–Kier alpha value is -4.47. The number of piperidine rings is 1. The van der Waals surface area contributed by atoms with Crippen molar-refractivity contribution in [1.82, 2.24) is 14.9 Å². The quantitative estimate of drug-likeness (QED) is 0.403. The maximum Gasteiger partial charge on any atom is 0.411 e. The summed E-state index contributed by atoms with van der Waals surface area (Å²) in [6.45, 7) is 1.45. The molecule has 2 N–H and O–H groups in total. The van der Waals surface area contributed by atoms with Crippen molar-refractivity contribution in [3.8, 4) is 28.0 Å². The molecule has 1 fully saturated rings. The van der Waals surface area contributed by atoms with Gasteiger partial charge in [-0.05, 0) is 48.7 Å². The number of H-pyrrole nitrogens is 1. The van der Waals surface area contributed by atoms with Crippen LogP contribution in [0, 0.1) is 6.92 Å². The molecule has 1 aromatic heterocycles. The number of para-hydroxylation sites is 1. The molecule has 1 aliphatic heterocycles. The van der Waals surface area contributed by atoms with Crippen molar-refractivity contribution in [1.29, 1.82) is 0 Å². The van der Waals surface area contributed by atoms with E-state index < -0.39 is 24.5 Å². The van der Waals surface area contributed by atoms with Gasteiger partial charge in [0.15, 0.2) is 0 Å². The minimum atomic E-state index is -2.97. The second-order valence-corrected chi connectivity index (χ2v) is 9.18. The van der Waals surface area contributed by atoms with Gasteiger partial charge in [-0.1, -0.05) is 24.3 Å². The summed E-state index contributed by atoms with van der Waals surface area (Å²) in [5.41, 5.74) is 4.12.